The Morgan fingerprint density at radius 2 is 2.22 bits per heavy atom. The predicted molar refractivity (Wildman–Crippen MR) is 43.1 cm³/mol. The highest BCUT2D eigenvalue weighted by Crippen LogP contribution is 1.76. The van der Waals surface area contributed by atoms with E-state index in [0.29, 0.717) is 0 Å². The second-order valence-electron chi connectivity index (χ2n) is 1.96. The normalized spacial score (nSPS) is 9.00. The van der Waals surface area contributed by atoms with E-state index in [1.54, 1.807) is 0 Å². The largest absolute Gasteiger partial charge is 0.148 e. The topological polar surface area (TPSA) is 0 Å². The summed E-state index contributed by atoms with van der Waals surface area (Å²) >= 11 is 0. The smallest absolute Gasteiger partial charge is 0.0972 e. The van der Waals surface area contributed by atoms with E-state index < -0.39 is 0 Å². The molecule has 0 amide bonds. The van der Waals surface area contributed by atoms with Crippen LogP contribution in [0.1, 0.15) is 0 Å². The van der Waals surface area contributed by atoms with Gasteiger partial charge in [-0.25, -0.2) is 0 Å². The van der Waals surface area contributed by atoms with Crippen LogP contribution in [0, 0.1) is 0 Å². The highest BCUT2D eigenvalue weighted by molar-refractivity contribution is 6.52. The van der Waals surface area contributed by atoms with E-state index in [0.717, 1.165) is 5.46 Å². The van der Waals surface area contributed by atoms with Crippen LogP contribution in [0.3, 0.4) is 0 Å². The van der Waals surface area contributed by atoms with Crippen molar-refractivity contribution >= 4 is 26.1 Å². The maximum Gasteiger partial charge on any atom is 0.148 e. The molecule has 0 unspecified atom stereocenters. The van der Waals surface area contributed by atoms with Crippen LogP contribution in [0.4, 0.5) is 0 Å². The molecule has 2 heteroatoms. The fourth-order valence-corrected chi connectivity index (χ4v) is 0.739. The predicted octanol–water partition coefficient (Wildman–Crippen LogP) is -0.142. The quantitative estimate of drug-likeness (QED) is 0.444. The van der Waals surface area contributed by atoms with Gasteiger partial charge in [0.2, 0.25) is 0 Å². The molecule has 0 spiro atoms. The number of benzene rings is 1. The molecular weight excluding hydrogens is 106 g/mol. The van der Waals surface area contributed by atoms with Crippen molar-refractivity contribution in [1.82, 2.24) is 0 Å². The van der Waals surface area contributed by atoms with Gasteiger partial charge in [-0.15, -0.1) is 0 Å². The maximum absolute atomic E-state index is 5.51. The minimum absolute atomic E-state index is 0.825. The van der Waals surface area contributed by atoms with Gasteiger partial charge in [0.05, 0.1) is 0 Å². The highest BCUT2D eigenvalue weighted by atomic mass is 13.8. The SMILES string of the molecule is [B]c1cccc([B]C)c1. The Morgan fingerprint density at radius 1 is 1.44 bits per heavy atom. The van der Waals surface area contributed by atoms with Crippen molar-refractivity contribution in [3.05, 3.63) is 24.3 Å². The monoisotopic (exact) mass is 113 g/mol. The summed E-state index contributed by atoms with van der Waals surface area (Å²) in [6.45, 7) is 1.99. The molecule has 1 aromatic carbocycles. The molecule has 0 nitrogen and oxygen atoms in total. The Morgan fingerprint density at radius 3 is 2.67 bits per heavy atom. The number of hydrogen-bond donors (Lipinski definition) is 0. The first-order valence-corrected chi connectivity index (χ1v) is 2.98. The molecule has 9 heavy (non-hydrogen) atoms. The zero-order valence-corrected chi connectivity index (χ0v) is 5.46. The van der Waals surface area contributed by atoms with Gasteiger partial charge in [0.1, 0.15) is 15.1 Å². The molecule has 1 aromatic rings. The Bertz CT molecular complexity index is 196. The Balaban J connectivity index is 2.94. The van der Waals surface area contributed by atoms with Gasteiger partial charge >= 0.3 is 0 Å². The lowest BCUT2D eigenvalue weighted by Crippen LogP contribution is -2.16. The molecule has 0 aliphatic rings. The molecule has 0 aromatic heterocycles. The summed E-state index contributed by atoms with van der Waals surface area (Å²) in [5, 5.41) is 0. The summed E-state index contributed by atoms with van der Waals surface area (Å²) in [4.78, 5) is 0. The zero-order valence-electron chi connectivity index (χ0n) is 5.46. The molecule has 41 valence electrons. The first-order chi connectivity index (χ1) is 4.33. The third-order valence-electron chi connectivity index (χ3n) is 1.24. The molecular formula is C7H7B2. The van der Waals surface area contributed by atoms with Crippen LogP contribution >= 0.6 is 0 Å². The van der Waals surface area contributed by atoms with Crippen LogP contribution in [-0.4, -0.2) is 15.1 Å². The number of hydrogen-bond acceptors (Lipinski definition) is 0. The molecule has 0 heterocycles. The third-order valence-corrected chi connectivity index (χ3v) is 1.24. The summed E-state index contributed by atoms with van der Waals surface area (Å²) in [5.41, 5.74) is 2.00. The van der Waals surface area contributed by atoms with Crippen LogP contribution < -0.4 is 10.9 Å². The summed E-state index contributed by atoms with van der Waals surface area (Å²) in [6, 6.07) is 7.80. The molecule has 0 saturated heterocycles. The summed E-state index contributed by atoms with van der Waals surface area (Å²) in [6.07, 6.45) is 0. The van der Waals surface area contributed by atoms with Crippen molar-refractivity contribution in [2.45, 2.75) is 6.82 Å². The lowest BCUT2D eigenvalue weighted by molar-refractivity contribution is 1.83. The minimum Gasteiger partial charge on any atom is -0.0972 e. The first kappa shape index (κ1) is 6.47. The molecule has 0 bridgehead atoms. The van der Waals surface area contributed by atoms with Crippen LogP contribution in [0.15, 0.2) is 24.3 Å². The highest BCUT2D eigenvalue weighted by Gasteiger charge is 1.86. The van der Waals surface area contributed by atoms with Gasteiger partial charge < -0.3 is 0 Å². The average Bonchev–Trinajstić information content (AvgIpc) is 1.88. The van der Waals surface area contributed by atoms with E-state index in [1.807, 2.05) is 38.4 Å². The van der Waals surface area contributed by atoms with Crippen LogP contribution in [0.5, 0.6) is 0 Å². The molecule has 3 radical (unpaired) electrons. The van der Waals surface area contributed by atoms with Crippen LogP contribution in [0.25, 0.3) is 0 Å². The van der Waals surface area contributed by atoms with Crippen molar-refractivity contribution in [3.8, 4) is 0 Å². The summed E-state index contributed by atoms with van der Waals surface area (Å²) in [5.74, 6) is 0. The summed E-state index contributed by atoms with van der Waals surface area (Å²) in [7, 11) is 7.54. The Hall–Kier alpha value is -0.650. The third kappa shape index (κ3) is 1.63. The van der Waals surface area contributed by atoms with Crippen molar-refractivity contribution < 1.29 is 0 Å². The van der Waals surface area contributed by atoms with Crippen molar-refractivity contribution in [1.29, 1.82) is 0 Å². The zero-order chi connectivity index (χ0) is 6.69. The summed E-state index contributed by atoms with van der Waals surface area (Å²) < 4.78 is 0. The molecule has 0 aliphatic heterocycles. The van der Waals surface area contributed by atoms with E-state index >= 15 is 0 Å². The van der Waals surface area contributed by atoms with E-state index in [2.05, 4.69) is 0 Å². The lowest BCUT2D eigenvalue weighted by Gasteiger charge is -1.94. The van der Waals surface area contributed by atoms with Gasteiger partial charge in [0, 0.05) is 0 Å². The van der Waals surface area contributed by atoms with E-state index in [9.17, 15) is 0 Å². The van der Waals surface area contributed by atoms with E-state index in [-0.39, 0.29) is 0 Å². The molecule has 1 rings (SSSR count). The van der Waals surface area contributed by atoms with Crippen LogP contribution in [0.2, 0.25) is 6.82 Å². The standard InChI is InChI=1S/C7H7B2/c1-9-7-4-2-3-6(8)5-7/h2-5H,1H3. The molecule has 0 atom stereocenters. The molecule has 0 aliphatic carbocycles. The van der Waals surface area contributed by atoms with Crippen molar-refractivity contribution in [3.63, 3.8) is 0 Å². The second kappa shape index (κ2) is 2.77. The van der Waals surface area contributed by atoms with Gasteiger partial charge in [-0.3, -0.25) is 0 Å². The average molecular weight is 113 g/mol. The van der Waals surface area contributed by atoms with Gasteiger partial charge in [0.25, 0.3) is 0 Å². The van der Waals surface area contributed by atoms with Gasteiger partial charge in [0.15, 0.2) is 0 Å². The lowest BCUT2D eigenvalue weighted by atomic mass is 9.72. The molecule has 0 N–H and O–H groups in total. The van der Waals surface area contributed by atoms with Crippen LogP contribution in [-0.2, 0) is 0 Å². The van der Waals surface area contributed by atoms with E-state index in [4.69, 9.17) is 7.85 Å². The molecule has 0 fully saturated rings. The second-order valence-corrected chi connectivity index (χ2v) is 1.96. The van der Waals surface area contributed by atoms with Gasteiger partial charge in [-0.1, -0.05) is 42.0 Å². The van der Waals surface area contributed by atoms with Crippen molar-refractivity contribution in [2.75, 3.05) is 0 Å². The Kier molecular flexibility index (Phi) is 1.99. The molecule has 0 saturated carbocycles. The van der Waals surface area contributed by atoms with Crippen molar-refractivity contribution in [2.24, 2.45) is 0 Å². The Labute approximate surface area is 57.9 Å². The number of rotatable bonds is 1. The first-order valence-electron chi connectivity index (χ1n) is 2.98. The van der Waals surface area contributed by atoms with E-state index in [1.165, 1.54) is 5.46 Å². The maximum atomic E-state index is 5.51. The van der Waals surface area contributed by atoms with Gasteiger partial charge in [-0.2, -0.15) is 0 Å². The minimum atomic E-state index is 0.825. The fraction of sp³-hybridized carbons (Fsp3) is 0.143. The van der Waals surface area contributed by atoms with Gasteiger partial charge in [-0.05, 0) is 0 Å². The fourth-order valence-electron chi connectivity index (χ4n) is 0.739.